The number of anilines is 1. The third-order valence-corrected chi connectivity index (χ3v) is 5.24. The molecule has 1 nitrogen and oxygen atoms in total. The second-order valence-corrected chi connectivity index (χ2v) is 6.44. The van der Waals surface area contributed by atoms with Crippen LogP contribution < -0.4 is 4.90 Å². The van der Waals surface area contributed by atoms with Gasteiger partial charge in [0, 0.05) is 19.2 Å². The number of likely N-dealkylation sites (N-methyl/N-ethyl adjacent to an activating group) is 1. The van der Waals surface area contributed by atoms with Gasteiger partial charge >= 0.3 is 0 Å². The lowest BCUT2D eigenvalue weighted by Crippen LogP contribution is -2.42. The van der Waals surface area contributed by atoms with Crippen LogP contribution in [0.4, 0.5) is 5.69 Å². The Labute approximate surface area is 143 Å². The first kappa shape index (κ1) is 14.8. The van der Waals surface area contributed by atoms with E-state index in [0.717, 1.165) is 12.0 Å². The molecule has 1 heterocycles. The summed E-state index contributed by atoms with van der Waals surface area (Å²) in [6.07, 6.45) is 0.942. The molecule has 0 aliphatic carbocycles. The fraction of sp³-hybridized carbons (Fsp3) is 0.130. The Bertz CT molecular complexity index is 867. The minimum absolute atomic E-state index is 0.244. The largest absolute Gasteiger partial charge is 0.360 e. The number of hydrogen-bond donors (Lipinski definition) is 0. The monoisotopic (exact) mass is 311 g/mol. The normalized spacial score (nSPS) is 19.1. The molecule has 3 aromatic rings. The molecule has 0 amide bonds. The van der Waals surface area contributed by atoms with Crippen molar-refractivity contribution in [3.63, 3.8) is 0 Å². The van der Waals surface area contributed by atoms with Crippen molar-refractivity contribution in [2.24, 2.45) is 0 Å². The van der Waals surface area contributed by atoms with E-state index in [4.69, 9.17) is 0 Å². The van der Waals surface area contributed by atoms with Crippen molar-refractivity contribution in [1.82, 2.24) is 0 Å². The maximum atomic E-state index is 4.55. The van der Waals surface area contributed by atoms with Gasteiger partial charge in [-0.05, 0) is 28.3 Å². The van der Waals surface area contributed by atoms with Crippen molar-refractivity contribution in [3.05, 3.63) is 108 Å². The molecule has 0 spiro atoms. The fourth-order valence-corrected chi connectivity index (χ4v) is 3.96. The number of fused-ring (bicyclic) bond motifs is 1. The molecule has 1 heteroatoms. The molecule has 1 aliphatic heterocycles. The molecule has 0 radical (unpaired) electrons. The van der Waals surface area contributed by atoms with E-state index in [9.17, 15) is 0 Å². The van der Waals surface area contributed by atoms with Gasteiger partial charge in [-0.3, -0.25) is 0 Å². The summed E-state index contributed by atoms with van der Waals surface area (Å²) in [6.45, 7) is 4.55. The van der Waals surface area contributed by atoms with Gasteiger partial charge in [0.05, 0.1) is 5.54 Å². The minimum Gasteiger partial charge on any atom is -0.360 e. The highest BCUT2D eigenvalue weighted by atomic mass is 15.2. The lowest BCUT2D eigenvalue weighted by Gasteiger charge is -2.40. The van der Waals surface area contributed by atoms with E-state index in [1.54, 1.807) is 0 Å². The summed E-state index contributed by atoms with van der Waals surface area (Å²) in [7, 11) is 2.19. The number of nitrogens with zero attached hydrogens (tertiary/aromatic N) is 1. The Hall–Kier alpha value is -2.80. The van der Waals surface area contributed by atoms with E-state index in [1.807, 2.05) is 0 Å². The van der Waals surface area contributed by atoms with Gasteiger partial charge in [0.25, 0.3) is 0 Å². The Balaban J connectivity index is 1.92. The van der Waals surface area contributed by atoms with Gasteiger partial charge in [-0.2, -0.15) is 0 Å². The van der Waals surface area contributed by atoms with Crippen molar-refractivity contribution < 1.29 is 0 Å². The average Bonchev–Trinajstić information content (AvgIpc) is 2.96. The van der Waals surface area contributed by atoms with Crippen LogP contribution in [-0.2, 0) is 12.0 Å². The van der Waals surface area contributed by atoms with Crippen LogP contribution in [-0.4, -0.2) is 7.05 Å². The second kappa shape index (κ2) is 5.68. The molecule has 0 bridgehead atoms. The molecule has 0 saturated heterocycles. The quantitative estimate of drug-likeness (QED) is 0.635. The molecule has 0 N–H and O–H groups in total. The molecule has 1 unspecified atom stereocenters. The van der Waals surface area contributed by atoms with E-state index in [-0.39, 0.29) is 5.54 Å². The van der Waals surface area contributed by atoms with Crippen LogP contribution in [0.25, 0.3) is 5.57 Å². The highest BCUT2D eigenvalue weighted by Crippen LogP contribution is 2.50. The number of hydrogen-bond acceptors (Lipinski definition) is 1. The van der Waals surface area contributed by atoms with Crippen LogP contribution in [0.5, 0.6) is 0 Å². The van der Waals surface area contributed by atoms with Crippen LogP contribution >= 0.6 is 0 Å². The number of para-hydroxylation sites is 1. The zero-order valence-corrected chi connectivity index (χ0v) is 13.9. The molecule has 1 atom stereocenters. The Morgan fingerprint density at radius 3 is 2.08 bits per heavy atom. The standard InChI is InChI=1S/C23H21N/c1-18(19-11-5-3-6-12-19)23(21-14-7-4-8-15-21)17-20-13-9-10-16-22(20)24(23)2/h3-16H,1,17H2,2H3. The first-order chi connectivity index (χ1) is 11.7. The van der Waals surface area contributed by atoms with Gasteiger partial charge in [-0.1, -0.05) is 85.4 Å². The van der Waals surface area contributed by atoms with E-state index in [0.29, 0.717) is 0 Å². The van der Waals surface area contributed by atoms with E-state index >= 15 is 0 Å². The zero-order chi connectivity index (χ0) is 16.6. The zero-order valence-electron chi connectivity index (χ0n) is 13.9. The molecule has 0 fully saturated rings. The van der Waals surface area contributed by atoms with Crippen LogP contribution in [0.3, 0.4) is 0 Å². The SMILES string of the molecule is C=C(c1ccccc1)C1(c2ccccc2)Cc2ccccc2N1C. The van der Waals surface area contributed by atoms with Gasteiger partial charge in [0.1, 0.15) is 0 Å². The molecule has 24 heavy (non-hydrogen) atoms. The Morgan fingerprint density at radius 2 is 1.42 bits per heavy atom. The van der Waals surface area contributed by atoms with Crippen molar-refractivity contribution >= 4 is 11.3 Å². The fourth-order valence-electron chi connectivity index (χ4n) is 3.96. The highest BCUT2D eigenvalue weighted by Gasteiger charge is 2.45. The van der Waals surface area contributed by atoms with Gasteiger partial charge in [0.2, 0.25) is 0 Å². The summed E-state index contributed by atoms with van der Waals surface area (Å²) in [4.78, 5) is 2.40. The number of benzene rings is 3. The maximum absolute atomic E-state index is 4.55. The Morgan fingerprint density at radius 1 is 0.833 bits per heavy atom. The smallest absolute Gasteiger partial charge is 0.0944 e. The molecule has 1 aliphatic rings. The van der Waals surface area contributed by atoms with Crippen molar-refractivity contribution in [2.45, 2.75) is 12.0 Å². The van der Waals surface area contributed by atoms with E-state index in [2.05, 4.69) is 103 Å². The lowest BCUT2D eigenvalue weighted by atomic mass is 9.77. The number of rotatable bonds is 3. The first-order valence-corrected chi connectivity index (χ1v) is 8.35. The predicted molar refractivity (Wildman–Crippen MR) is 102 cm³/mol. The van der Waals surface area contributed by atoms with Crippen LogP contribution in [0.2, 0.25) is 0 Å². The Kier molecular flexibility index (Phi) is 3.50. The second-order valence-electron chi connectivity index (χ2n) is 6.44. The molecule has 4 rings (SSSR count). The molecule has 118 valence electrons. The third-order valence-electron chi connectivity index (χ3n) is 5.24. The summed E-state index contributed by atoms with van der Waals surface area (Å²) in [5, 5.41) is 0. The van der Waals surface area contributed by atoms with Crippen molar-refractivity contribution in [3.8, 4) is 0 Å². The van der Waals surface area contributed by atoms with E-state index < -0.39 is 0 Å². The first-order valence-electron chi connectivity index (χ1n) is 8.35. The summed E-state index contributed by atoms with van der Waals surface area (Å²) in [6, 6.07) is 30.0. The molecule has 0 aromatic heterocycles. The topological polar surface area (TPSA) is 3.24 Å². The predicted octanol–water partition coefficient (Wildman–Crippen LogP) is 5.29. The summed E-state index contributed by atoms with van der Waals surface area (Å²) in [5.41, 5.74) is 6.05. The van der Waals surface area contributed by atoms with E-state index in [1.165, 1.54) is 22.4 Å². The van der Waals surface area contributed by atoms with Gasteiger partial charge in [0.15, 0.2) is 0 Å². The van der Waals surface area contributed by atoms with Gasteiger partial charge < -0.3 is 4.90 Å². The molecular formula is C23H21N. The molecular weight excluding hydrogens is 290 g/mol. The highest BCUT2D eigenvalue weighted by molar-refractivity contribution is 5.82. The lowest BCUT2D eigenvalue weighted by molar-refractivity contribution is 0.576. The van der Waals surface area contributed by atoms with Crippen LogP contribution in [0.1, 0.15) is 16.7 Å². The van der Waals surface area contributed by atoms with Crippen LogP contribution in [0, 0.1) is 0 Å². The maximum Gasteiger partial charge on any atom is 0.0944 e. The van der Waals surface area contributed by atoms with Gasteiger partial charge in [-0.25, -0.2) is 0 Å². The average molecular weight is 311 g/mol. The summed E-state index contributed by atoms with van der Waals surface area (Å²) < 4.78 is 0. The summed E-state index contributed by atoms with van der Waals surface area (Å²) in [5.74, 6) is 0. The van der Waals surface area contributed by atoms with Crippen molar-refractivity contribution in [1.29, 1.82) is 0 Å². The molecule has 0 saturated carbocycles. The molecule has 3 aromatic carbocycles. The third kappa shape index (κ3) is 2.09. The van der Waals surface area contributed by atoms with Crippen molar-refractivity contribution in [2.75, 3.05) is 11.9 Å². The minimum atomic E-state index is -0.244. The van der Waals surface area contributed by atoms with Crippen LogP contribution in [0.15, 0.2) is 91.5 Å². The summed E-state index contributed by atoms with van der Waals surface area (Å²) >= 11 is 0. The van der Waals surface area contributed by atoms with Gasteiger partial charge in [-0.15, -0.1) is 0 Å².